The Bertz CT molecular complexity index is 183. The molecule has 3 heteroatoms. The highest BCUT2D eigenvalue weighted by Gasteiger charge is 2.35. The zero-order valence-corrected chi connectivity index (χ0v) is 6.42. The van der Waals surface area contributed by atoms with E-state index in [-0.39, 0.29) is 11.9 Å². The Balaban J connectivity index is 2.06. The van der Waals surface area contributed by atoms with Gasteiger partial charge in [0.25, 0.3) is 0 Å². The van der Waals surface area contributed by atoms with Gasteiger partial charge >= 0.3 is 0 Å². The van der Waals surface area contributed by atoms with Gasteiger partial charge in [0, 0.05) is 19.0 Å². The fourth-order valence-corrected chi connectivity index (χ4v) is 2.04. The lowest BCUT2D eigenvalue weighted by Gasteiger charge is -2.31. The van der Waals surface area contributed by atoms with Crippen molar-refractivity contribution in [2.75, 3.05) is 6.54 Å². The summed E-state index contributed by atoms with van der Waals surface area (Å²) in [5.41, 5.74) is 0. The minimum absolute atomic E-state index is 0.224. The average molecular weight is 157 g/mol. The van der Waals surface area contributed by atoms with Crippen molar-refractivity contribution in [3.8, 4) is 0 Å². The molecule has 2 rings (SSSR count). The predicted octanol–water partition coefficient (Wildman–Crippen LogP) is 1.11. The average Bonchev–Trinajstić information content (AvgIpc) is 2.32. The summed E-state index contributed by atoms with van der Waals surface area (Å²) < 4.78 is 12.8. The molecular formula is C8H12FNO. The van der Waals surface area contributed by atoms with E-state index in [2.05, 4.69) is 0 Å². The topological polar surface area (TPSA) is 20.3 Å². The first-order valence-electron chi connectivity index (χ1n) is 4.21. The first-order valence-corrected chi connectivity index (χ1v) is 4.21. The van der Waals surface area contributed by atoms with Crippen LogP contribution in [0, 0.1) is 0 Å². The van der Waals surface area contributed by atoms with Gasteiger partial charge in [-0.2, -0.15) is 0 Å². The second-order valence-corrected chi connectivity index (χ2v) is 3.40. The molecule has 0 aromatic carbocycles. The summed E-state index contributed by atoms with van der Waals surface area (Å²) in [4.78, 5) is 13.0. The van der Waals surface area contributed by atoms with Crippen LogP contribution in [-0.4, -0.2) is 29.6 Å². The first kappa shape index (κ1) is 7.07. The van der Waals surface area contributed by atoms with E-state index < -0.39 is 6.17 Å². The fraction of sp³-hybridized carbons (Fsp3) is 0.875. The molecule has 2 heterocycles. The van der Waals surface area contributed by atoms with Crippen LogP contribution < -0.4 is 0 Å². The van der Waals surface area contributed by atoms with Crippen molar-refractivity contribution in [3.05, 3.63) is 0 Å². The Labute approximate surface area is 65.4 Å². The molecule has 2 aliphatic rings. The number of amides is 1. The number of carbonyl (C=O) groups excluding carboxylic acids is 1. The lowest BCUT2D eigenvalue weighted by Crippen LogP contribution is -2.40. The van der Waals surface area contributed by atoms with Crippen LogP contribution in [0.25, 0.3) is 0 Å². The highest BCUT2D eigenvalue weighted by atomic mass is 19.1. The molecule has 11 heavy (non-hydrogen) atoms. The Morgan fingerprint density at radius 2 is 2.27 bits per heavy atom. The van der Waals surface area contributed by atoms with Gasteiger partial charge in [-0.25, -0.2) is 4.39 Å². The smallest absolute Gasteiger partial charge is 0.222 e. The maximum absolute atomic E-state index is 12.8. The minimum atomic E-state index is -0.665. The van der Waals surface area contributed by atoms with Gasteiger partial charge in [0.1, 0.15) is 6.17 Å². The maximum atomic E-state index is 12.8. The van der Waals surface area contributed by atoms with Crippen molar-refractivity contribution in [2.45, 2.75) is 37.9 Å². The number of fused-ring (bicyclic) bond motifs is 1. The van der Waals surface area contributed by atoms with E-state index in [9.17, 15) is 9.18 Å². The van der Waals surface area contributed by atoms with Gasteiger partial charge in [0.15, 0.2) is 0 Å². The van der Waals surface area contributed by atoms with Crippen LogP contribution in [0.5, 0.6) is 0 Å². The van der Waals surface area contributed by atoms with E-state index in [1.165, 1.54) is 0 Å². The molecule has 0 aromatic rings. The molecule has 62 valence electrons. The van der Waals surface area contributed by atoms with E-state index >= 15 is 0 Å². The summed E-state index contributed by atoms with van der Waals surface area (Å²) in [5, 5.41) is 0. The van der Waals surface area contributed by atoms with E-state index in [1.54, 1.807) is 0 Å². The predicted molar refractivity (Wildman–Crippen MR) is 38.9 cm³/mol. The Hall–Kier alpha value is -0.600. The molecule has 0 aromatic heterocycles. The van der Waals surface area contributed by atoms with Gasteiger partial charge in [0.2, 0.25) is 5.91 Å². The molecule has 0 unspecified atom stereocenters. The number of halogens is 1. The number of carbonyl (C=O) groups is 1. The van der Waals surface area contributed by atoms with Crippen LogP contribution in [0.15, 0.2) is 0 Å². The molecule has 2 saturated heterocycles. The largest absolute Gasteiger partial charge is 0.339 e. The molecule has 2 aliphatic heterocycles. The second kappa shape index (κ2) is 2.47. The van der Waals surface area contributed by atoms with Gasteiger partial charge in [-0.3, -0.25) is 4.79 Å². The summed E-state index contributed by atoms with van der Waals surface area (Å²) in [5.74, 6) is 0.224. The van der Waals surface area contributed by atoms with E-state index in [4.69, 9.17) is 0 Å². The molecule has 0 spiro atoms. The molecule has 0 N–H and O–H groups in total. The van der Waals surface area contributed by atoms with Crippen molar-refractivity contribution >= 4 is 5.91 Å². The summed E-state index contributed by atoms with van der Waals surface area (Å²) in [7, 11) is 0. The Morgan fingerprint density at radius 3 is 3.09 bits per heavy atom. The molecule has 0 radical (unpaired) electrons. The lowest BCUT2D eigenvalue weighted by molar-refractivity contribution is -0.130. The summed E-state index contributed by atoms with van der Waals surface area (Å²) in [6.07, 6.45) is 1.96. The van der Waals surface area contributed by atoms with Crippen molar-refractivity contribution < 1.29 is 9.18 Å². The third kappa shape index (κ3) is 1.12. The van der Waals surface area contributed by atoms with Crippen LogP contribution in [0.4, 0.5) is 4.39 Å². The van der Waals surface area contributed by atoms with Gasteiger partial charge in [-0.1, -0.05) is 0 Å². The molecule has 1 amide bonds. The van der Waals surface area contributed by atoms with Crippen molar-refractivity contribution in [2.24, 2.45) is 0 Å². The number of rotatable bonds is 0. The van der Waals surface area contributed by atoms with Crippen LogP contribution >= 0.6 is 0 Å². The highest BCUT2D eigenvalue weighted by molar-refractivity contribution is 5.78. The van der Waals surface area contributed by atoms with Gasteiger partial charge in [-0.15, -0.1) is 0 Å². The number of hydrogen-bond donors (Lipinski definition) is 0. The van der Waals surface area contributed by atoms with E-state index in [1.807, 2.05) is 4.90 Å². The number of hydrogen-bond acceptors (Lipinski definition) is 1. The van der Waals surface area contributed by atoms with Gasteiger partial charge < -0.3 is 4.90 Å². The van der Waals surface area contributed by atoms with Crippen molar-refractivity contribution in [3.63, 3.8) is 0 Å². The maximum Gasteiger partial charge on any atom is 0.222 e. The Morgan fingerprint density at radius 1 is 1.45 bits per heavy atom. The summed E-state index contributed by atoms with van der Waals surface area (Å²) in [6, 6.07) is 0.228. The zero-order valence-electron chi connectivity index (χ0n) is 6.42. The second-order valence-electron chi connectivity index (χ2n) is 3.40. The minimum Gasteiger partial charge on any atom is -0.339 e. The molecule has 0 saturated carbocycles. The quantitative estimate of drug-likeness (QED) is 0.515. The third-order valence-electron chi connectivity index (χ3n) is 2.66. The molecular weight excluding hydrogens is 145 g/mol. The molecule has 2 nitrogen and oxygen atoms in total. The van der Waals surface area contributed by atoms with Gasteiger partial charge in [-0.05, 0) is 19.3 Å². The highest BCUT2D eigenvalue weighted by Crippen LogP contribution is 2.28. The normalized spacial score (nSPS) is 37.5. The number of nitrogens with zero attached hydrogens (tertiary/aromatic N) is 1. The van der Waals surface area contributed by atoms with Gasteiger partial charge in [0.05, 0.1) is 0 Å². The fourth-order valence-electron chi connectivity index (χ4n) is 2.04. The standard InChI is InChI=1S/C8H12FNO/c9-6-3-4-10-7(5-6)1-2-8(10)11/h6-7H,1-5H2/t6-,7+/m0/s1. The molecule has 2 fully saturated rings. The SMILES string of the molecule is O=C1CC[C@@H]2C[C@@H](F)CCN12. The van der Waals surface area contributed by atoms with Crippen LogP contribution in [0.2, 0.25) is 0 Å². The van der Waals surface area contributed by atoms with E-state index in [0.717, 1.165) is 6.42 Å². The van der Waals surface area contributed by atoms with Crippen molar-refractivity contribution in [1.82, 2.24) is 4.90 Å². The number of alkyl halides is 1. The van der Waals surface area contributed by atoms with Crippen LogP contribution in [0.1, 0.15) is 25.7 Å². The number of piperidine rings is 1. The van der Waals surface area contributed by atoms with Crippen LogP contribution in [0.3, 0.4) is 0 Å². The van der Waals surface area contributed by atoms with Crippen molar-refractivity contribution in [1.29, 1.82) is 0 Å². The summed E-state index contributed by atoms with van der Waals surface area (Å²) >= 11 is 0. The molecule has 0 aliphatic carbocycles. The molecule has 2 atom stereocenters. The third-order valence-corrected chi connectivity index (χ3v) is 2.66. The summed E-state index contributed by atoms with van der Waals surface area (Å²) in [6.45, 7) is 0.644. The first-order chi connectivity index (χ1) is 5.27. The molecule has 0 bridgehead atoms. The monoisotopic (exact) mass is 157 g/mol. The van der Waals surface area contributed by atoms with E-state index in [0.29, 0.717) is 25.8 Å². The Kier molecular flexibility index (Phi) is 1.59. The lowest BCUT2D eigenvalue weighted by atomic mass is 10.0. The zero-order chi connectivity index (χ0) is 7.84. The van der Waals surface area contributed by atoms with Crippen LogP contribution in [-0.2, 0) is 4.79 Å².